The second-order valence-corrected chi connectivity index (χ2v) is 5.53. The van der Waals surface area contributed by atoms with Crippen LogP contribution in [0.2, 0.25) is 5.02 Å². The molecule has 0 aromatic heterocycles. The molecule has 1 N–H and O–H groups in total. The van der Waals surface area contributed by atoms with Crippen LogP contribution in [0.3, 0.4) is 0 Å². The van der Waals surface area contributed by atoms with E-state index in [0.717, 1.165) is 11.1 Å². The number of hydrogen-bond acceptors (Lipinski definition) is 1. The van der Waals surface area contributed by atoms with Gasteiger partial charge in [-0.2, -0.15) is 0 Å². The molecule has 0 heterocycles. The fourth-order valence-electron chi connectivity index (χ4n) is 2.36. The van der Waals surface area contributed by atoms with Crippen molar-refractivity contribution in [3.8, 4) is 0 Å². The second-order valence-electron chi connectivity index (χ2n) is 5.12. The van der Waals surface area contributed by atoms with Crippen LogP contribution in [-0.4, -0.2) is 6.54 Å². The van der Waals surface area contributed by atoms with Crippen LogP contribution in [-0.2, 0) is 0 Å². The lowest BCUT2D eigenvalue weighted by Crippen LogP contribution is -2.22. The molecule has 1 nitrogen and oxygen atoms in total. The molecule has 0 saturated carbocycles. The summed E-state index contributed by atoms with van der Waals surface area (Å²) in [6.45, 7) is 6.12. The van der Waals surface area contributed by atoms with Crippen LogP contribution in [0, 0.1) is 25.5 Å². The third-order valence-electron chi connectivity index (χ3n) is 3.51. The highest BCUT2D eigenvalue weighted by Gasteiger charge is 2.18. The van der Waals surface area contributed by atoms with Gasteiger partial charge in [0.15, 0.2) is 0 Å². The van der Waals surface area contributed by atoms with Crippen LogP contribution in [0.15, 0.2) is 30.3 Å². The first-order valence-electron chi connectivity index (χ1n) is 6.89. The number of benzene rings is 2. The summed E-state index contributed by atoms with van der Waals surface area (Å²) in [5.41, 5.74) is 2.81. The third-order valence-corrected chi connectivity index (χ3v) is 3.84. The molecule has 0 spiro atoms. The number of halogens is 3. The van der Waals surface area contributed by atoms with Crippen molar-refractivity contribution in [2.45, 2.75) is 26.8 Å². The summed E-state index contributed by atoms with van der Waals surface area (Å²) < 4.78 is 27.0. The fourth-order valence-corrected chi connectivity index (χ4v) is 2.62. The van der Waals surface area contributed by atoms with Crippen LogP contribution < -0.4 is 5.32 Å². The average molecular weight is 310 g/mol. The maximum atomic E-state index is 13.6. The molecule has 1 atom stereocenters. The maximum absolute atomic E-state index is 13.6. The SMILES string of the molecule is CCNC(c1ccc(F)c(C)c1)c1cc(C)c(F)cc1Cl. The highest BCUT2D eigenvalue weighted by Crippen LogP contribution is 2.31. The quantitative estimate of drug-likeness (QED) is 0.844. The molecule has 0 aliphatic rings. The van der Waals surface area contributed by atoms with Gasteiger partial charge < -0.3 is 5.32 Å². The van der Waals surface area contributed by atoms with E-state index < -0.39 is 0 Å². The van der Waals surface area contributed by atoms with Crippen LogP contribution in [0.25, 0.3) is 0 Å². The number of rotatable bonds is 4. The van der Waals surface area contributed by atoms with Gasteiger partial charge in [-0.25, -0.2) is 8.78 Å². The Balaban J connectivity index is 2.52. The zero-order chi connectivity index (χ0) is 15.6. The summed E-state index contributed by atoms with van der Waals surface area (Å²) in [4.78, 5) is 0. The molecular weight excluding hydrogens is 292 g/mol. The highest BCUT2D eigenvalue weighted by atomic mass is 35.5. The van der Waals surface area contributed by atoms with Gasteiger partial charge in [0.25, 0.3) is 0 Å². The predicted octanol–water partition coefficient (Wildman–Crippen LogP) is 4.93. The monoisotopic (exact) mass is 309 g/mol. The molecule has 1 unspecified atom stereocenters. The molecule has 112 valence electrons. The Morgan fingerprint density at radius 3 is 2.33 bits per heavy atom. The molecule has 0 radical (unpaired) electrons. The molecule has 4 heteroatoms. The van der Waals surface area contributed by atoms with Gasteiger partial charge in [-0.15, -0.1) is 0 Å². The minimum atomic E-state index is -0.325. The molecule has 0 fully saturated rings. The zero-order valence-electron chi connectivity index (χ0n) is 12.3. The molecule has 0 amide bonds. The second kappa shape index (κ2) is 6.54. The van der Waals surface area contributed by atoms with Crippen molar-refractivity contribution in [3.05, 3.63) is 69.2 Å². The molecule has 0 saturated heterocycles. The summed E-state index contributed by atoms with van der Waals surface area (Å²) in [5, 5.41) is 3.69. The van der Waals surface area contributed by atoms with Gasteiger partial charge in [-0.1, -0.05) is 30.7 Å². The van der Waals surface area contributed by atoms with Gasteiger partial charge in [0.05, 0.1) is 6.04 Å². The molecule has 2 aromatic rings. The van der Waals surface area contributed by atoms with E-state index in [1.165, 1.54) is 12.1 Å². The van der Waals surface area contributed by atoms with E-state index in [1.807, 2.05) is 6.92 Å². The van der Waals surface area contributed by atoms with Crippen LogP contribution in [0.4, 0.5) is 8.78 Å². The Kier molecular flexibility index (Phi) is 4.96. The summed E-state index contributed by atoms with van der Waals surface area (Å²) in [6, 6.07) is 7.83. The Bertz CT molecular complexity index is 655. The summed E-state index contributed by atoms with van der Waals surface area (Å²) in [7, 11) is 0. The van der Waals surface area contributed by atoms with Crippen LogP contribution in [0.1, 0.15) is 35.2 Å². The van der Waals surface area contributed by atoms with E-state index in [4.69, 9.17) is 11.6 Å². The first-order chi connectivity index (χ1) is 9.93. The lowest BCUT2D eigenvalue weighted by molar-refractivity contribution is 0.600. The number of aryl methyl sites for hydroxylation is 2. The number of hydrogen-bond donors (Lipinski definition) is 1. The lowest BCUT2D eigenvalue weighted by Gasteiger charge is -2.21. The molecule has 0 aliphatic heterocycles. The molecule has 2 rings (SSSR count). The van der Waals surface area contributed by atoms with Crippen LogP contribution >= 0.6 is 11.6 Å². The smallest absolute Gasteiger partial charge is 0.127 e. The van der Waals surface area contributed by atoms with Gasteiger partial charge in [0.1, 0.15) is 11.6 Å². The molecule has 0 bridgehead atoms. The van der Waals surface area contributed by atoms with Gasteiger partial charge in [0, 0.05) is 5.02 Å². The predicted molar refractivity (Wildman–Crippen MR) is 82.8 cm³/mol. The largest absolute Gasteiger partial charge is 0.306 e. The van der Waals surface area contributed by atoms with Crippen molar-refractivity contribution in [2.75, 3.05) is 6.54 Å². The molecule has 2 aromatic carbocycles. The standard InChI is InChI=1S/C17H18ClF2N/c1-4-21-17(12-5-6-15(19)10(2)7-12)13-8-11(3)16(20)9-14(13)18/h5-9,17,21H,4H2,1-3H3. The lowest BCUT2D eigenvalue weighted by atomic mass is 9.95. The Labute approximate surface area is 128 Å². The average Bonchev–Trinajstić information content (AvgIpc) is 2.44. The minimum Gasteiger partial charge on any atom is -0.306 e. The summed E-state index contributed by atoms with van der Waals surface area (Å²) in [6.07, 6.45) is 0. The van der Waals surface area contributed by atoms with E-state index in [0.29, 0.717) is 22.7 Å². The Hall–Kier alpha value is -1.45. The van der Waals surface area contributed by atoms with Gasteiger partial charge in [-0.3, -0.25) is 0 Å². The van der Waals surface area contributed by atoms with Crippen molar-refractivity contribution in [1.82, 2.24) is 5.32 Å². The number of nitrogens with one attached hydrogen (secondary N) is 1. The van der Waals surface area contributed by atoms with E-state index in [1.54, 1.807) is 32.0 Å². The summed E-state index contributed by atoms with van der Waals surface area (Å²) in [5.74, 6) is -0.565. The Morgan fingerprint density at radius 2 is 1.71 bits per heavy atom. The van der Waals surface area contributed by atoms with E-state index in [2.05, 4.69) is 5.32 Å². The Morgan fingerprint density at radius 1 is 1.05 bits per heavy atom. The first kappa shape index (κ1) is 15.9. The first-order valence-corrected chi connectivity index (χ1v) is 7.26. The normalized spacial score (nSPS) is 12.5. The van der Waals surface area contributed by atoms with Crippen molar-refractivity contribution in [2.24, 2.45) is 0 Å². The molecule has 21 heavy (non-hydrogen) atoms. The van der Waals surface area contributed by atoms with Crippen molar-refractivity contribution in [1.29, 1.82) is 0 Å². The fraction of sp³-hybridized carbons (Fsp3) is 0.294. The van der Waals surface area contributed by atoms with E-state index in [-0.39, 0.29) is 17.7 Å². The van der Waals surface area contributed by atoms with Crippen molar-refractivity contribution < 1.29 is 8.78 Å². The molecule has 0 aliphatic carbocycles. The maximum Gasteiger partial charge on any atom is 0.127 e. The van der Waals surface area contributed by atoms with Crippen molar-refractivity contribution >= 4 is 11.6 Å². The van der Waals surface area contributed by atoms with Gasteiger partial charge in [0.2, 0.25) is 0 Å². The van der Waals surface area contributed by atoms with Gasteiger partial charge in [-0.05, 0) is 60.8 Å². The van der Waals surface area contributed by atoms with Crippen LogP contribution in [0.5, 0.6) is 0 Å². The van der Waals surface area contributed by atoms with Gasteiger partial charge >= 0.3 is 0 Å². The zero-order valence-corrected chi connectivity index (χ0v) is 13.1. The topological polar surface area (TPSA) is 12.0 Å². The highest BCUT2D eigenvalue weighted by molar-refractivity contribution is 6.31. The minimum absolute atomic E-state index is 0.193. The third kappa shape index (κ3) is 3.42. The van der Waals surface area contributed by atoms with E-state index in [9.17, 15) is 8.78 Å². The van der Waals surface area contributed by atoms with E-state index >= 15 is 0 Å². The van der Waals surface area contributed by atoms with Crippen molar-refractivity contribution in [3.63, 3.8) is 0 Å². The summed E-state index contributed by atoms with van der Waals surface area (Å²) >= 11 is 6.20. The molecular formula is C17H18ClF2N.